The maximum atomic E-state index is 13.3. The van der Waals surface area contributed by atoms with Gasteiger partial charge in [-0.15, -0.1) is 11.8 Å². The molecule has 8 heteroatoms. The van der Waals surface area contributed by atoms with Gasteiger partial charge >= 0.3 is 0 Å². The fraction of sp³-hybridized carbons (Fsp3) is 0.208. The average molecular weight is 471 g/mol. The monoisotopic (exact) mass is 470 g/mol. The molecule has 0 aliphatic carbocycles. The van der Waals surface area contributed by atoms with Gasteiger partial charge in [-0.1, -0.05) is 36.4 Å². The number of rotatable bonds is 10. The smallest absolute Gasteiger partial charge is 0.243 e. The molecular formula is C24H26N2O4S2. The predicted octanol–water partition coefficient (Wildman–Crippen LogP) is 4.29. The number of methoxy groups -OCH3 is 1. The van der Waals surface area contributed by atoms with E-state index in [0.29, 0.717) is 17.9 Å². The minimum atomic E-state index is -3.88. The zero-order valence-corrected chi connectivity index (χ0v) is 19.7. The van der Waals surface area contributed by atoms with Gasteiger partial charge in [0.1, 0.15) is 5.75 Å². The largest absolute Gasteiger partial charge is 0.497 e. The van der Waals surface area contributed by atoms with Crippen molar-refractivity contribution in [2.75, 3.05) is 31.8 Å². The van der Waals surface area contributed by atoms with E-state index in [1.165, 1.54) is 23.5 Å². The molecule has 1 N–H and O–H groups in total. The lowest BCUT2D eigenvalue weighted by Gasteiger charge is -2.22. The molecule has 0 aliphatic rings. The number of carbonyl (C=O) groups excluding carboxylic acids is 1. The van der Waals surface area contributed by atoms with Crippen LogP contribution in [0.3, 0.4) is 0 Å². The molecule has 0 fully saturated rings. The molecular weight excluding hydrogens is 444 g/mol. The summed E-state index contributed by atoms with van der Waals surface area (Å²) in [6.45, 7) is -0.110. The van der Waals surface area contributed by atoms with Crippen molar-refractivity contribution in [3.8, 4) is 5.75 Å². The quantitative estimate of drug-likeness (QED) is 0.448. The molecule has 0 heterocycles. The number of benzene rings is 3. The highest BCUT2D eigenvalue weighted by molar-refractivity contribution is 7.98. The van der Waals surface area contributed by atoms with Gasteiger partial charge in [0.05, 0.1) is 18.6 Å². The molecule has 0 saturated heterocycles. The number of ether oxygens (including phenoxy) is 1. The highest BCUT2D eigenvalue weighted by Gasteiger charge is 2.26. The molecule has 1 amide bonds. The first kappa shape index (κ1) is 23.8. The van der Waals surface area contributed by atoms with Crippen molar-refractivity contribution in [1.29, 1.82) is 0 Å². The average Bonchev–Trinajstić information content (AvgIpc) is 2.82. The minimum Gasteiger partial charge on any atom is -0.497 e. The number of hydrogen-bond acceptors (Lipinski definition) is 5. The van der Waals surface area contributed by atoms with E-state index in [2.05, 4.69) is 5.32 Å². The number of anilines is 1. The number of carbonyl (C=O) groups is 1. The first-order chi connectivity index (χ1) is 15.4. The number of amides is 1. The lowest BCUT2D eigenvalue weighted by Crippen LogP contribution is -2.39. The van der Waals surface area contributed by atoms with Crippen LogP contribution in [0.1, 0.15) is 5.56 Å². The van der Waals surface area contributed by atoms with Crippen LogP contribution in [0.4, 0.5) is 5.69 Å². The van der Waals surface area contributed by atoms with E-state index in [-0.39, 0.29) is 18.0 Å². The molecule has 0 radical (unpaired) electrons. The molecule has 3 aromatic carbocycles. The Kier molecular flexibility index (Phi) is 8.33. The van der Waals surface area contributed by atoms with E-state index < -0.39 is 15.9 Å². The zero-order chi connectivity index (χ0) is 23.0. The van der Waals surface area contributed by atoms with E-state index in [4.69, 9.17) is 4.74 Å². The third-order valence-corrected chi connectivity index (χ3v) is 7.45. The Morgan fingerprint density at radius 1 is 1.00 bits per heavy atom. The lowest BCUT2D eigenvalue weighted by molar-refractivity contribution is -0.116. The maximum absolute atomic E-state index is 13.3. The van der Waals surface area contributed by atoms with Crippen LogP contribution in [0.2, 0.25) is 0 Å². The van der Waals surface area contributed by atoms with Crippen LogP contribution in [0, 0.1) is 0 Å². The topological polar surface area (TPSA) is 75.7 Å². The minimum absolute atomic E-state index is 0.114. The summed E-state index contributed by atoms with van der Waals surface area (Å²) < 4.78 is 33.0. The van der Waals surface area contributed by atoms with Crippen LogP contribution in [-0.4, -0.2) is 45.1 Å². The Hall–Kier alpha value is -2.81. The van der Waals surface area contributed by atoms with Gasteiger partial charge in [0.25, 0.3) is 0 Å². The summed E-state index contributed by atoms with van der Waals surface area (Å²) in [6.07, 6.45) is 2.44. The first-order valence-corrected chi connectivity index (χ1v) is 12.7. The van der Waals surface area contributed by atoms with E-state index in [1.54, 1.807) is 30.0 Å². The van der Waals surface area contributed by atoms with Crippen molar-refractivity contribution >= 4 is 33.4 Å². The van der Waals surface area contributed by atoms with Crippen molar-refractivity contribution in [3.63, 3.8) is 0 Å². The predicted molar refractivity (Wildman–Crippen MR) is 129 cm³/mol. The number of thioether (sulfide) groups is 1. The van der Waals surface area contributed by atoms with Gasteiger partial charge in [-0.05, 0) is 60.7 Å². The Balaban J connectivity index is 1.80. The Morgan fingerprint density at radius 3 is 2.38 bits per heavy atom. The molecule has 0 saturated carbocycles. The molecule has 6 nitrogen and oxygen atoms in total. The lowest BCUT2D eigenvalue weighted by atomic mass is 10.1. The Labute approximate surface area is 193 Å². The number of hydrogen-bond donors (Lipinski definition) is 1. The van der Waals surface area contributed by atoms with E-state index in [0.717, 1.165) is 10.5 Å². The second kappa shape index (κ2) is 11.2. The van der Waals surface area contributed by atoms with E-state index in [1.807, 2.05) is 54.8 Å². The molecule has 0 atom stereocenters. The summed E-state index contributed by atoms with van der Waals surface area (Å²) in [5, 5.41) is 2.81. The normalized spacial score (nSPS) is 11.3. The molecule has 0 aliphatic heterocycles. The molecule has 32 heavy (non-hydrogen) atoms. The third-order valence-electron chi connectivity index (χ3n) is 4.86. The van der Waals surface area contributed by atoms with Crippen LogP contribution in [0.15, 0.2) is 88.7 Å². The van der Waals surface area contributed by atoms with Crippen LogP contribution in [0.5, 0.6) is 5.75 Å². The van der Waals surface area contributed by atoms with Crippen LogP contribution >= 0.6 is 11.8 Å². The second-order valence-electron chi connectivity index (χ2n) is 7.03. The molecule has 0 unspecified atom stereocenters. The van der Waals surface area contributed by atoms with E-state index >= 15 is 0 Å². The van der Waals surface area contributed by atoms with Crippen molar-refractivity contribution in [2.24, 2.45) is 0 Å². The third kappa shape index (κ3) is 6.35. The van der Waals surface area contributed by atoms with Gasteiger partial charge in [0, 0.05) is 17.1 Å². The molecule has 0 aromatic heterocycles. The zero-order valence-electron chi connectivity index (χ0n) is 18.0. The van der Waals surface area contributed by atoms with Gasteiger partial charge < -0.3 is 10.1 Å². The molecule has 3 rings (SSSR count). The van der Waals surface area contributed by atoms with Crippen LogP contribution < -0.4 is 10.1 Å². The highest BCUT2D eigenvalue weighted by Crippen LogP contribution is 2.21. The molecule has 0 spiro atoms. The van der Waals surface area contributed by atoms with Crippen LogP contribution in [-0.2, 0) is 21.2 Å². The van der Waals surface area contributed by atoms with Crippen molar-refractivity contribution < 1.29 is 17.9 Å². The van der Waals surface area contributed by atoms with Gasteiger partial charge in [-0.25, -0.2) is 8.42 Å². The number of nitrogens with zero attached hydrogens (tertiary/aromatic N) is 1. The highest BCUT2D eigenvalue weighted by atomic mass is 32.2. The fourth-order valence-electron chi connectivity index (χ4n) is 3.14. The van der Waals surface area contributed by atoms with Gasteiger partial charge in [-0.2, -0.15) is 4.31 Å². The Morgan fingerprint density at radius 2 is 1.72 bits per heavy atom. The standard InChI is InChI=1S/C24H26N2O4S2/c1-30-21-11-13-23(14-12-21)32(28,29)26(16-15-19-7-4-3-5-8-19)18-24(27)25-20-9-6-10-22(17-20)31-2/h3-14,17H,15-16,18H2,1-2H3,(H,25,27). The first-order valence-electron chi connectivity index (χ1n) is 10.0. The van der Waals surface area contributed by atoms with Crippen molar-refractivity contribution in [3.05, 3.63) is 84.4 Å². The maximum Gasteiger partial charge on any atom is 0.243 e. The summed E-state index contributed by atoms with van der Waals surface area (Å²) in [6, 6.07) is 23.2. The Bertz CT molecular complexity index is 1130. The van der Waals surface area contributed by atoms with E-state index in [9.17, 15) is 13.2 Å². The number of nitrogens with one attached hydrogen (secondary N) is 1. The molecule has 168 valence electrons. The van der Waals surface area contributed by atoms with Crippen molar-refractivity contribution in [1.82, 2.24) is 4.31 Å². The summed E-state index contributed by atoms with van der Waals surface area (Å²) in [7, 11) is -2.36. The summed E-state index contributed by atoms with van der Waals surface area (Å²) in [4.78, 5) is 13.9. The van der Waals surface area contributed by atoms with Gasteiger partial charge in [0.15, 0.2) is 0 Å². The summed E-state index contributed by atoms with van der Waals surface area (Å²) in [5.41, 5.74) is 1.63. The number of sulfonamides is 1. The van der Waals surface area contributed by atoms with Crippen molar-refractivity contribution in [2.45, 2.75) is 16.2 Å². The van der Waals surface area contributed by atoms with Gasteiger partial charge in [-0.3, -0.25) is 4.79 Å². The van der Waals surface area contributed by atoms with Crippen LogP contribution in [0.25, 0.3) is 0 Å². The van der Waals surface area contributed by atoms with Gasteiger partial charge in [0.2, 0.25) is 15.9 Å². The molecule has 3 aromatic rings. The summed E-state index contributed by atoms with van der Waals surface area (Å²) in [5.74, 6) is 0.166. The SMILES string of the molecule is COc1ccc(S(=O)(=O)N(CCc2ccccc2)CC(=O)Nc2cccc(SC)c2)cc1. The molecule has 0 bridgehead atoms. The fourth-order valence-corrected chi connectivity index (χ4v) is 5.00. The summed E-state index contributed by atoms with van der Waals surface area (Å²) >= 11 is 1.57. The second-order valence-corrected chi connectivity index (χ2v) is 9.85.